The number of nitrogens with zero attached hydrogens (tertiary/aromatic N) is 3. The minimum absolute atomic E-state index is 0.0256. The lowest BCUT2D eigenvalue weighted by atomic mass is 10.2. The predicted molar refractivity (Wildman–Crippen MR) is 79.8 cm³/mol. The SMILES string of the molecule is CC(C)Oc1ncccc1CNc1ncnc(Cl)c1C=O. The summed E-state index contributed by atoms with van der Waals surface area (Å²) in [6.07, 6.45) is 3.61. The molecule has 110 valence electrons. The molecule has 2 aromatic heterocycles. The van der Waals surface area contributed by atoms with Crippen LogP contribution < -0.4 is 10.1 Å². The molecule has 1 N–H and O–H groups in total. The van der Waals surface area contributed by atoms with E-state index in [-0.39, 0.29) is 16.8 Å². The van der Waals surface area contributed by atoms with Crippen LogP contribution in [0.3, 0.4) is 0 Å². The molecule has 2 aromatic rings. The summed E-state index contributed by atoms with van der Waals surface area (Å²) in [6, 6.07) is 3.71. The van der Waals surface area contributed by atoms with E-state index < -0.39 is 0 Å². The Hall–Kier alpha value is -2.21. The average molecular weight is 307 g/mol. The fourth-order valence-corrected chi connectivity index (χ4v) is 1.86. The van der Waals surface area contributed by atoms with Gasteiger partial charge in [0.25, 0.3) is 0 Å². The molecule has 0 aromatic carbocycles. The van der Waals surface area contributed by atoms with Crippen molar-refractivity contribution in [2.24, 2.45) is 0 Å². The van der Waals surface area contributed by atoms with Crippen molar-refractivity contribution >= 4 is 23.7 Å². The Morgan fingerprint density at radius 3 is 2.90 bits per heavy atom. The summed E-state index contributed by atoms with van der Waals surface area (Å²) in [5.41, 5.74) is 1.09. The second-order valence-corrected chi connectivity index (χ2v) is 4.89. The van der Waals surface area contributed by atoms with Crippen LogP contribution in [0, 0.1) is 0 Å². The molecule has 7 heteroatoms. The van der Waals surface area contributed by atoms with Gasteiger partial charge in [0.2, 0.25) is 5.88 Å². The van der Waals surface area contributed by atoms with Crippen molar-refractivity contribution in [1.29, 1.82) is 0 Å². The number of aromatic nitrogens is 3. The van der Waals surface area contributed by atoms with Gasteiger partial charge in [0, 0.05) is 18.3 Å². The maximum Gasteiger partial charge on any atom is 0.218 e. The second kappa shape index (κ2) is 6.99. The molecule has 0 radical (unpaired) electrons. The molecule has 0 unspecified atom stereocenters. The fourth-order valence-electron chi connectivity index (χ4n) is 1.69. The summed E-state index contributed by atoms with van der Waals surface area (Å²) in [4.78, 5) is 23.0. The van der Waals surface area contributed by atoms with Crippen molar-refractivity contribution in [3.8, 4) is 5.88 Å². The average Bonchev–Trinajstić information content (AvgIpc) is 2.46. The number of pyridine rings is 1. The first-order chi connectivity index (χ1) is 10.1. The van der Waals surface area contributed by atoms with Gasteiger partial charge in [-0.1, -0.05) is 17.7 Å². The van der Waals surface area contributed by atoms with Crippen LogP contribution in [0.15, 0.2) is 24.7 Å². The van der Waals surface area contributed by atoms with Gasteiger partial charge >= 0.3 is 0 Å². The van der Waals surface area contributed by atoms with Crippen molar-refractivity contribution < 1.29 is 9.53 Å². The van der Waals surface area contributed by atoms with Gasteiger partial charge in [0.1, 0.15) is 17.3 Å². The molecule has 0 aliphatic rings. The zero-order chi connectivity index (χ0) is 15.2. The topological polar surface area (TPSA) is 77.0 Å². The van der Waals surface area contributed by atoms with Crippen molar-refractivity contribution in [2.75, 3.05) is 5.32 Å². The molecule has 6 nitrogen and oxygen atoms in total. The molecule has 0 spiro atoms. The molecule has 2 heterocycles. The summed E-state index contributed by atoms with van der Waals surface area (Å²) in [5.74, 6) is 0.928. The van der Waals surface area contributed by atoms with E-state index in [4.69, 9.17) is 16.3 Å². The molecule has 0 aliphatic heterocycles. The van der Waals surface area contributed by atoms with Gasteiger partial charge in [-0.25, -0.2) is 15.0 Å². The fraction of sp³-hybridized carbons (Fsp3) is 0.286. The highest BCUT2D eigenvalue weighted by atomic mass is 35.5. The first kappa shape index (κ1) is 15.2. The van der Waals surface area contributed by atoms with Crippen LogP contribution in [0.4, 0.5) is 5.82 Å². The second-order valence-electron chi connectivity index (χ2n) is 4.53. The zero-order valence-electron chi connectivity index (χ0n) is 11.7. The maximum atomic E-state index is 11.0. The summed E-state index contributed by atoms with van der Waals surface area (Å²) in [6.45, 7) is 4.27. The first-order valence-electron chi connectivity index (χ1n) is 6.42. The van der Waals surface area contributed by atoms with Gasteiger partial charge in [-0.05, 0) is 19.9 Å². The number of halogens is 1. The number of carbonyl (C=O) groups is 1. The molecule has 0 aliphatic carbocycles. The van der Waals surface area contributed by atoms with Gasteiger partial charge in [0.05, 0.1) is 11.7 Å². The molecule has 21 heavy (non-hydrogen) atoms. The van der Waals surface area contributed by atoms with E-state index in [9.17, 15) is 4.79 Å². The summed E-state index contributed by atoms with van der Waals surface area (Å²) >= 11 is 5.85. The Kier molecular flexibility index (Phi) is 5.05. The molecule has 0 fully saturated rings. The van der Waals surface area contributed by atoms with Gasteiger partial charge in [-0.2, -0.15) is 0 Å². The third kappa shape index (κ3) is 3.88. The number of hydrogen-bond acceptors (Lipinski definition) is 6. The van der Waals surface area contributed by atoms with E-state index in [0.717, 1.165) is 5.56 Å². The Bertz CT molecular complexity index is 634. The molecule has 0 bridgehead atoms. The minimum Gasteiger partial charge on any atom is -0.475 e. The lowest BCUT2D eigenvalue weighted by Gasteiger charge is -2.14. The summed E-state index contributed by atoms with van der Waals surface area (Å²) in [5, 5.41) is 3.17. The van der Waals surface area contributed by atoms with Crippen LogP contribution in [0.5, 0.6) is 5.88 Å². The van der Waals surface area contributed by atoms with Crippen LogP contribution in [0.2, 0.25) is 5.15 Å². The molecular weight excluding hydrogens is 292 g/mol. The molecule has 0 saturated carbocycles. The number of rotatable bonds is 6. The molecule has 0 saturated heterocycles. The number of ether oxygens (including phenoxy) is 1. The van der Waals surface area contributed by atoms with Gasteiger partial charge in [-0.15, -0.1) is 0 Å². The predicted octanol–water partition coefficient (Wildman–Crippen LogP) is 2.74. The molecular formula is C14H15ClN4O2. The number of carbonyl (C=O) groups excluding carboxylic acids is 1. The van der Waals surface area contributed by atoms with E-state index in [1.54, 1.807) is 6.20 Å². The number of nitrogens with one attached hydrogen (secondary N) is 1. The number of anilines is 1. The highest BCUT2D eigenvalue weighted by Gasteiger charge is 2.11. The Labute approximate surface area is 127 Å². The van der Waals surface area contributed by atoms with Crippen molar-refractivity contribution in [1.82, 2.24) is 15.0 Å². The number of hydrogen-bond donors (Lipinski definition) is 1. The van der Waals surface area contributed by atoms with Crippen molar-refractivity contribution in [2.45, 2.75) is 26.5 Å². The van der Waals surface area contributed by atoms with Gasteiger partial charge in [0.15, 0.2) is 6.29 Å². The molecule has 2 rings (SSSR count). The van der Waals surface area contributed by atoms with E-state index in [0.29, 0.717) is 24.5 Å². The van der Waals surface area contributed by atoms with E-state index in [2.05, 4.69) is 20.3 Å². The third-order valence-corrected chi connectivity index (χ3v) is 2.90. The number of aldehydes is 1. The lowest BCUT2D eigenvalue weighted by molar-refractivity contribution is 0.112. The summed E-state index contributed by atoms with van der Waals surface area (Å²) in [7, 11) is 0. The Morgan fingerprint density at radius 2 is 2.19 bits per heavy atom. The van der Waals surface area contributed by atoms with Crippen molar-refractivity contribution in [3.05, 3.63) is 40.9 Å². The van der Waals surface area contributed by atoms with E-state index in [1.807, 2.05) is 26.0 Å². The van der Waals surface area contributed by atoms with E-state index >= 15 is 0 Å². The minimum atomic E-state index is 0.0256. The highest BCUT2D eigenvalue weighted by molar-refractivity contribution is 6.32. The standard InChI is InChI=1S/C14H15ClN4O2/c1-9(2)21-14-10(4-3-5-16-14)6-17-13-11(7-20)12(15)18-8-19-13/h3-5,7-9H,6H2,1-2H3,(H,17,18,19). The quantitative estimate of drug-likeness (QED) is 0.653. The van der Waals surface area contributed by atoms with Crippen LogP contribution >= 0.6 is 11.6 Å². The van der Waals surface area contributed by atoms with Crippen LogP contribution in [-0.2, 0) is 6.54 Å². The van der Waals surface area contributed by atoms with Crippen molar-refractivity contribution in [3.63, 3.8) is 0 Å². The van der Waals surface area contributed by atoms with E-state index in [1.165, 1.54) is 6.33 Å². The zero-order valence-corrected chi connectivity index (χ0v) is 12.5. The molecule has 0 amide bonds. The van der Waals surface area contributed by atoms with Crippen LogP contribution in [-0.4, -0.2) is 27.3 Å². The third-order valence-electron chi connectivity index (χ3n) is 2.60. The molecule has 0 atom stereocenters. The summed E-state index contributed by atoms with van der Waals surface area (Å²) < 4.78 is 5.63. The van der Waals surface area contributed by atoms with Crippen LogP contribution in [0.25, 0.3) is 0 Å². The largest absolute Gasteiger partial charge is 0.475 e. The highest BCUT2D eigenvalue weighted by Crippen LogP contribution is 2.20. The smallest absolute Gasteiger partial charge is 0.218 e. The Morgan fingerprint density at radius 1 is 1.38 bits per heavy atom. The van der Waals surface area contributed by atoms with Gasteiger partial charge in [-0.3, -0.25) is 4.79 Å². The lowest BCUT2D eigenvalue weighted by Crippen LogP contribution is -2.11. The normalized spacial score (nSPS) is 10.5. The Balaban J connectivity index is 2.17. The monoisotopic (exact) mass is 306 g/mol. The van der Waals surface area contributed by atoms with Gasteiger partial charge < -0.3 is 10.1 Å². The maximum absolute atomic E-state index is 11.0. The van der Waals surface area contributed by atoms with Crippen LogP contribution in [0.1, 0.15) is 29.8 Å². The first-order valence-corrected chi connectivity index (χ1v) is 6.79.